The monoisotopic (exact) mass is 347 g/mol. The van der Waals surface area contributed by atoms with Gasteiger partial charge in [0.15, 0.2) is 5.01 Å². The van der Waals surface area contributed by atoms with Gasteiger partial charge in [0.1, 0.15) is 11.5 Å². The number of para-hydroxylation sites is 1. The summed E-state index contributed by atoms with van der Waals surface area (Å²) in [4.78, 5) is 5.23. The van der Waals surface area contributed by atoms with Crippen molar-refractivity contribution in [3.63, 3.8) is 0 Å². The summed E-state index contributed by atoms with van der Waals surface area (Å²) in [5, 5.41) is 14.5. The maximum atomic E-state index is 14.0. The van der Waals surface area contributed by atoms with E-state index in [0.717, 1.165) is 10.9 Å². The number of halogens is 1. The molecule has 7 heteroatoms. The van der Waals surface area contributed by atoms with Gasteiger partial charge in [-0.3, -0.25) is 0 Å². The number of fused-ring (bicyclic) bond motifs is 2. The molecule has 25 heavy (non-hydrogen) atoms. The minimum atomic E-state index is -0.308. The first-order chi connectivity index (χ1) is 12.3. The van der Waals surface area contributed by atoms with Crippen LogP contribution in [0.4, 0.5) is 4.39 Å². The van der Waals surface area contributed by atoms with Gasteiger partial charge in [-0.25, -0.2) is 9.37 Å². The van der Waals surface area contributed by atoms with E-state index in [1.54, 1.807) is 22.7 Å². The minimum Gasteiger partial charge on any atom is -0.244 e. The van der Waals surface area contributed by atoms with Gasteiger partial charge in [-0.2, -0.15) is 9.61 Å². The first-order valence-electron chi connectivity index (χ1n) is 7.63. The van der Waals surface area contributed by atoms with Crippen molar-refractivity contribution in [2.75, 3.05) is 0 Å². The number of nitrogens with zero attached hydrogens (tertiary/aromatic N) is 5. The Bertz CT molecular complexity index is 1230. The molecule has 0 atom stereocenters. The summed E-state index contributed by atoms with van der Waals surface area (Å²) < 4.78 is 15.6. The van der Waals surface area contributed by atoms with E-state index in [-0.39, 0.29) is 5.82 Å². The fourth-order valence-corrected chi connectivity index (χ4v) is 3.58. The topological polar surface area (TPSA) is 56.0 Å². The highest BCUT2D eigenvalue weighted by molar-refractivity contribution is 7.19. The summed E-state index contributed by atoms with van der Waals surface area (Å²) in [5.41, 5.74) is 2.01. The third-order valence-electron chi connectivity index (χ3n) is 3.92. The van der Waals surface area contributed by atoms with Crippen molar-refractivity contribution >= 4 is 27.2 Å². The number of aromatic nitrogens is 5. The molecule has 0 fully saturated rings. The van der Waals surface area contributed by atoms with Crippen LogP contribution in [0.2, 0.25) is 0 Å². The second kappa shape index (κ2) is 5.42. The van der Waals surface area contributed by atoms with Crippen molar-refractivity contribution in [2.45, 2.75) is 0 Å². The van der Waals surface area contributed by atoms with Crippen LogP contribution in [-0.4, -0.2) is 24.8 Å². The van der Waals surface area contributed by atoms with Crippen molar-refractivity contribution < 1.29 is 4.39 Å². The summed E-state index contributed by atoms with van der Waals surface area (Å²) in [6.07, 6.45) is 0. The molecule has 3 heterocycles. The lowest BCUT2D eigenvalue weighted by Crippen LogP contribution is -1.94. The molecule has 0 N–H and O–H groups in total. The van der Waals surface area contributed by atoms with E-state index in [1.165, 1.54) is 17.4 Å². The molecule has 0 aliphatic rings. The number of rotatable bonds is 2. The zero-order valence-electron chi connectivity index (χ0n) is 12.8. The Balaban J connectivity index is 1.67. The van der Waals surface area contributed by atoms with E-state index in [2.05, 4.69) is 20.3 Å². The first kappa shape index (κ1) is 14.2. The predicted molar refractivity (Wildman–Crippen MR) is 94.8 cm³/mol. The molecule has 0 aliphatic heterocycles. The predicted octanol–water partition coefficient (Wildman–Crippen LogP) is 4.21. The standard InChI is InChI=1S/C18H10FN5S/c19-13-7-3-2-6-12(13)17-23-24-16(21-22-18(24)25-17)15-10-9-11-5-1-4-8-14(11)20-15/h1-10H. The molecule has 120 valence electrons. The molecule has 3 aromatic heterocycles. The summed E-state index contributed by atoms with van der Waals surface area (Å²) in [5.74, 6) is 0.234. The van der Waals surface area contributed by atoms with Crippen molar-refractivity contribution in [2.24, 2.45) is 0 Å². The van der Waals surface area contributed by atoms with E-state index in [4.69, 9.17) is 0 Å². The average molecular weight is 347 g/mol. The van der Waals surface area contributed by atoms with Gasteiger partial charge in [0, 0.05) is 10.9 Å². The molecule has 0 saturated heterocycles. The lowest BCUT2D eigenvalue weighted by atomic mass is 10.2. The molecule has 0 radical (unpaired) electrons. The molecule has 0 unspecified atom stereocenters. The average Bonchev–Trinajstić information content (AvgIpc) is 3.22. The highest BCUT2D eigenvalue weighted by atomic mass is 32.1. The van der Waals surface area contributed by atoms with Gasteiger partial charge >= 0.3 is 0 Å². The van der Waals surface area contributed by atoms with Crippen LogP contribution in [0.1, 0.15) is 0 Å². The van der Waals surface area contributed by atoms with E-state index in [0.29, 0.717) is 27.1 Å². The lowest BCUT2D eigenvalue weighted by molar-refractivity contribution is 0.631. The quantitative estimate of drug-likeness (QED) is 0.480. The smallest absolute Gasteiger partial charge is 0.235 e. The van der Waals surface area contributed by atoms with Gasteiger partial charge < -0.3 is 0 Å². The summed E-state index contributed by atoms with van der Waals surface area (Å²) in [6.45, 7) is 0. The highest BCUT2D eigenvalue weighted by Gasteiger charge is 2.17. The molecular weight excluding hydrogens is 337 g/mol. The maximum Gasteiger partial charge on any atom is 0.235 e. The zero-order valence-corrected chi connectivity index (χ0v) is 13.6. The Hall–Kier alpha value is -3.19. The molecule has 0 saturated carbocycles. The Kier molecular flexibility index (Phi) is 3.07. The van der Waals surface area contributed by atoms with Crippen LogP contribution in [0, 0.1) is 5.82 Å². The fourth-order valence-electron chi connectivity index (χ4n) is 2.71. The Morgan fingerprint density at radius 3 is 2.64 bits per heavy atom. The Morgan fingerprint density at radius 2 is 1.72 bits per heavy atom. The van der Waals surface area contributed by atoms with Crippen LogP contribution >= 0.6 is 11.3 Å². The van der Waals surface area contributed by atoms with Crippen LogP contribution in [0.3, 0.4) is 0 Å². The van der Waals surface area contributed by atoms with Crippen molar-refractivity contribution in [3.8, 4) is 22.1 Å². The summed E-state index contributed by atoms with van der Waals surface area (Å²) in [7, 11) is 0. The second-order valence-corrected chi connectivity index (χ2v) is 6.45. The van der Waals surface area contributed by atoms with Crippen LogP contribution in [0.5, 0.6) is 0 Å². The van der Waals surface area contributed by atoms with Crippen molar-refractivity contribution in [3.05, 3.63) is 66.5 Å². The molecule has 0 spiro atoms. The van der Waals surface area contributed by atoms with Gasteiger partial charge in [-0.05, 0) is 24.3 Å². The first-order valence-corrected chi connectivity index (χ1v) is 8.44. The van der Waals surface area contributed by atoms with Crippen molar-refractivity contribution in [1.82, 2.24) is 24.8 Å². The van der Waals surface area contributed by atoms with E-state index >= 15 is 0 Å². The van der Waals surface area contributed by atoms with Crippen molar-refractivity contribution in [1.29, 1.82) is 0 Å². The summed E-state index contributed by atoms with van der Waals surface area (Å²) >= 11 is 1.29. The van der Waals surface area contributed by atoms with E-state index in [9.17, 15) is 4.39 Å². The van der Waals surface area contributed by atoms with Gasteiger partial charge in [0.25, 0.3) is 0 Å². The minimum absolute atomic E-state index is 0.308. The third kappa shape index (κ3) is 2.28. The summed E-state index contributed by atoms with van der Waals surface area (Å²) in [6, 6.07) is 18.3. The molecule has 5 rings (SSSR count). The van der Waals surface area contributed by atoms with Gasteiger partial charge in [0.2, 0.25) is 10.8 Å². The largest absolute Gasteiger partial charge is 0.244 e. The van der Waals surface area contributed by atoms with Crippen LogP contribution in [0.15, 0.2) is 60.7 Å². The number of hydrogen-bond donors (Lipinski definition) is 0. The Labute approximate surface area is 145 Å². The Morgan fingerprint density at radius 1 is 0.880 bits per heavy atom. The third-order valence-corrected chi connectivity index (χ3v) is 4.85. The maximum absolute atomic E-state index is 14.0. The van der Waals surface area contributed by atoms with Crippen LogP contribution in [-0.2, 0) is 0 Å². The molecule has 0 aliphatic carbocycles. The SMILES string of the molecule is Fc1ccccc1-c1nn2c(-c3ccc4ccccc4n3)nnc2s1. The zero-order chi connectivity index (χ0) is 16.8. The van der Waals surface area contributed by atoms with Gasteiger partial charge in [-0.15, -0.1) is 10.2 Å². The molecule has 2 aromatic carbocycles. The number of hydrogen-bond acceptors (Lipinski definition) is 5. The molecular formula is C18H10FN5S. The lowest BCUT2D eigenvalue weighted by Gasteiger charge is -2.00. The molecule has 5 aromatic rings. The number of benzene rings is 2. The van der Waals surface area contributed by atoms with E-state index in [1.807, 2.05) is 36.4 Å². The van der Waals surface area contributed by atoms with Gasteiger partial charge in [0.05, 0.1) is 5.52 Å². The van der Waals surface area contributed by atoms with Gasteiger partial charge in [-0.1, -0.05) is 47.7 Å². The van der Waals surface area contributed by atoms with E-state index < -0.39 is 0 Å². The van der Waals surface area contributed by atoms with Crippen LogP contribution in [0.25, 0.3) is 38.0 Å². The fraction of sp³-hybridized carbons (Fsp3) is 0. The molecule has 0 bridgehead atoms. The number of pyridine rings is 1. The molecule has 5 nitrogen and oxygen atoms in total. The molecule has 0 amide bonds. The van der Waals surface area contributed by atoms with Crippen LogP contribution < -0.4 is 0 Å². The normalized spacial score (nSPS) is 11.4. The second-order valence-electron chi connectivity index (χ2n) is 5.49. The highest BCUT2D eigenvalue weighted by Crippen LogP contribution is 2.29.